The molecule has 2 aliphatic carbocycles. The van der Waals surface area contributed by atoms with Crippen LogP contribution in [0.5, 0.6) is 5.75 Å². The molecule has 8 rings (SSSR count). The second kappa shape index (κ2) is 12.1. The first-order valence-electron chi connectivity index (χ1n) is 15.3. The average Bonchev–Trinajstić information content (AvgIpc) is 3.79. The van der Waals surface area contributed by atoms with E-state index in [1.807, 2.05) is 6.07 Å². The Bertz CT molecular complexity index is 2210. The van der Waals surface area contributed by atoms with Crippen LogP contribution in [0, 0.1) is 29.6 Å². The number of nitrogens with two attached hydrogens (primary N) is 1. The number of halogens is 2. The van der Waals surface area contributed by atoms with E-state index >= 15 is 0 Å². The summed E-state index contributed by atoms with van der Waals surface area (Å²) in [7, 11) is -3.88. The Morgan fingerprint density at radius 3 is 2.41 bits per heavy atom. The molecule has 3 amide bonds. The number of hydrogen-bond acceptors (Lipinski definition) is 9. The van der Waals surface area contributed by atoms with Crippen molar-refractivity contribution in [1.29, 1.82) is 0 Å². The monoisotopic (exact) mass is 800 g/mol. The molecule has 3 heterocycles. The summed E-state index contributed by atoms with van der Waals surface area (Å²) in [4.78, 5) is 58.6. The van der Waals surface area contributed by atoms with Crippen LogP contribution in [0.3, 0.4) is 0 Å². The van der Waals surface area contributed by atoms with Gasteiger partial charge in [0.05, 0.1) is 27.4 Å². The fourth-order valence-corrected chi connectivity index (χ4v) is 12.1. The van der Waals surface area contributed by atoms with Gasteiger partial charge in [-0.05, 0) is 90.9 Å². The Morgan fingerprint density at radius 2 is 1.71 bits per heavy atom. The summed E-state index contributed by atoms with van der Waals surface area (Å²) in [6, 6.07) is 17.7. The van der Waals surface area contributed by atoms with Crippen molar-refractivity contribution in [1.82, 2.24) is 4.98 Å². The molecular formula is C33H26BrClN4O7S3. The molecule has 2 saturated carbocycles. The zero-order chi connectivity index (χ0) is 34.4. The molecule has 16 heteroatoms. The molecular weight excluding hydrogens is 776 g/mol. The third-order valence-electron chi connectivity index (χ3n) is 9.94. The van der Waals surface area contributed by atoms with E-state index in [4.69, 9.17) is 21.5 Å². The van der Waals surface area contributed by atoms with Gasteiger partial charge in [0, 0.05) is 36.8 Å². The number of rotatable bonds is 7. The van der Waals surface area contributed by atoms with Crippen LogP contribution >= 0.6 is 50.6 Å². The van der Waals surface area contributed by atoms with Crippen molar-refractivity contribution < 1.29 is 27.5 Å². The molecule has 0 spiro atoms. The smallest absolute Gasteiger partial charge is 0.305 e. The number of thiazole rings is 1. The van der Waals surface area contributed by atoms with Gasteiger partial charge in [0.15, 0.2) is 6.61 Å². The van der Waals surface area contributed by atoms with Gasteiger partial charge in [0.2, 0.25) is 21.8 Å². The maximum absolute atomic E-state index is 14.1. The van der Waals surface area contributed by atoms with Gasteiger partial charge in [-0.25, -0.2) is 13.6 Å². The first kappa shape index (κ1) is 32.7. The molecule has 1 aromatic heterocycles. The number of fused-ring (bicyclic) bond motifs is 9. The largest absolute Gasteiger partial charge is 0.483 e. The van der Waals surface area contributed by atoms with Crippen LogP contribution in [0.2, 0.25) is 5.02 Å². The number of carbonyl (C=O) groups excluding carboxylic acids is 3. The van der Waals surface area contributed by atoms with Crippen LogP contribution in [-0.2, 0) is 24.4 Å². The molecule has 49 heavy (non-hydrogen) atoms. The lowest BCUT2D eigenvalue weighted by Crippen LogP contribution is -2.42. The highest BCUT2D eigenvalue weighted by Gasteiger charge is 2.69. The van der Waals surface area contributed by atoms with Gasteiger partial charge in [-0.15, -0.1) is 11.8 Å². The molecule has 7 atom stereocenters. The maximum atomic E-state index is 14.1. The molecule has 0 radical (unpaired) electrons. The maximum Gasteiger partial charge on any atom is 0.305 e. The minimum Gasteiger partial charge on any atom is -0.483 e. The average molecular weight is 802 g/mol. The van der Waals surface area contributed by atoms with Crippen molar-refractivity contribution in [2.45, 2.75) is 27.5 Å². The number of H-pyrrole nitrogens is 1. The first-order chi connectivity index (χ1) is 23.4. The van der Waals surface area contributed by atoms with Gasteiger partial charge in [0.25, 0.3) is 5.91 Å². The number of nitrogens with one attached hydrogen (secondary N) is 2. The zero-order valence-electron chi connectivity index (χ0n) is 25.2. The number of primary sulfonamides is 1. The van der Waals surface area contributed by atoms with Crippen molar-refractivity contribution in [2.75, 3.05) is 16.8 Å². The highest BCUT2D eigenvalue weighted by molar-refractivity contribution is 9.10. The number of aromatic nitrogens is 1. The highest BCUT2D eigenvalue weighted by atomic mass is 79.9. The number of ether oxygens (including phenoxy) is 1. The minimum atomic E-state index is -3.88. The predicted octanol–water partition coefficient (Wildman–Crippen LogP) is 5.20. The fraction of sp³-hybridized carbons (Fsp3) is 0.273. The Morgan fingerprint density at radius 1 is 1.02 bits per heavy atom. The van der Waals surface area contributed by atoms with E-state index in [-0.39, 0.29) is 57.1 Å². The molecule has 3 aromatic carbocycles. The number of carbonyl (C=O) groups is 3. The van der Waals surface area contributed by atoms with E-state index in [9.17, 15) is 27.6 Å². The summed E-state index contributed by atoms with van der Waals surface area (Å²) < 4.78 is 30.1. The summed E-state index contributed by atoms with van der Waals surface area (Å²) in [5, 5.41) is 9.09. The number of imide groups is 1. The molecule has 2 aliphatic heterocycles. The lowest BCUT2D eigenvalue weighted by Gasteiger charge is -2.43. The van der Waals surface area contributed by atoms with Crippen LogP contribution in [0.25, 0.3) is 0 Å². The van der Waals surface area contributed by atoms with E-state index in [1.165, 1.54) is 29.2 Å². The van der Waals surface area contributed by atoms with Gasteiger partial charge in [-0.3, -0.25) is 24.1 Å². The SMILES string of the molecule is NS(=O)(=O)c1ccc(NC(=O)COc2ccc(Br)cc2[C@H]2c3sc(=O)[nH]c3SC3C4CC(C5C(=O)N(c6ccc(Cl)cc6)C(=O)C45)C32)cc1. The molecule has 11 nitrogen and oxygen atoms in total. The first-order valence-corrected chi connectivity index (χ1v) is 19.7. The molecule has 4 aromatic rings. The number of anilines is 2. The van der Waals surface area contributed by atoms with Crippen molar-refractivity contribution in [3.63, 3.8) is 0 Å². The molecule has 6 unspecified atom stereocenters. The molecule has 2 bridgehead atoms. The molecule has 4 aliphatic rings. The Kier molecular flexibility index (Phi) is 8.07. The summed E-state index contributed by atoms with van der Waals surface area (Å²) in [5.74, 6) is -1.97. The number of sulfonamides is 1. The van der Waals surface area contributed by atoms with Crippen molar-refractivity contribution >= 4 is 89.7 Å². The minimum absolute atomic E-state index is 0.0358. The quantitative estimate of drug-likeness (QED) is 0.215. The van der Waals surface area contributed by atoms with E-state index in [2.05, 4.69) is 26.2 Å². The van der Waals surface area contributed by atoms with Crippen molar-refractivity contribution in [2.24, 2.45) is 34.7 Å². The Balaban J connectivity index is 1.11. The van der Waals surface area contributed by atoms with E-state index < -0.39 is 27.8 Å². The number of amides is 3. The van der Waals surface area contributed by atoms with E-state index in [0.717, 1.165) is 37.7 Å². The van der Waals surface area contributed by atoms with E-state index in [1.54, 1.807) is 48.2 Å². The van der Waals surface area contributed by atoms with Crippen LogP contribution in [0.4, 0.5) is 11.4 Å². The second-order valence-electron chi connectivity index (χ2n) is 12.5. The topological polar surface area (TPSA) is 169 Å². The van der Waals surface area contributed by atoms with Crippen LogP contribution < -0.4 is 25.0 Å². The molecule has 4 N–H and O–H groups in total. The zero-order valence-corrected chi connectivity index (χ0v) is 30.0. The molecule has 3 fully saturated rings. The normalized spacial score (nSPS) is 26.8. The summed E-state index contributed by atoms with van der Waals surface area (Å²) >= 11 is 12.4. The van der Waals surface area contributed by atoms with Gasteiger partial charge in [-0.1, -0.05) is 38.9 Å². The molecule has 1 saturated heterocycles. The van der Waals surface area contributed by atoms with Gasteiger partial charge in [-0.2, -0.15) is 0 Å². The summed E-state index contributed by atoms with van der Waals surface area (Å²) in [6.07, 6.45) is 0.718. The predicted molar refractivity (Wildman–Crippen MR) is 189 cm³/mol. The lowest BCUT2D eigenvalue weighted by atomic mass is 9.68. The standard InChI is InChI=1S/C33H26BrClN4O7S3/c34-14-1-10-22(46-13-23(40)37-16-4-8-18(9-5-16)49(36,44)45)19(11-14)24-25-20-12-21(28(25)47-30-29(24)48-33(43)38-30)27-26(20)31(41)39(32(27)42)17-6-2-15(35)3-7-17/h1-11,20-21,24-28H,12-13H2,(H,37,40)(H,38,43)(H2,36,44,45)/t20?,21?,24-,25?,26?,27?,28?/m1/s1. The summed E-state index contributed by atoms with van der Waals surface area (Å²) in [5.41, 5.74) is 1.64. The third kappa shape index (κ3) is 5.54. The lowest BCUT2D eigenvalue weighted by molar-refractivity contribution is -0.123. The number of thioether (sulfide) groups is 1. The number of hydrogen-bond donors (Lipinski definition) is 3. The highest BCUT2D eigenvalue weighted by Crippen LogP contribution is 2.69. The van der Waals surface area contributed by atoms with Gasteiger partial charge < -0.3 is 15.0 Å². The van der Waals surface area contributed by atoms with Crippen LogP contribution in [0.15, 0.2) is 85.9 Å². The summed E-state index contributed by atoms with van der Waals surface area (Å²) in [6.45, 7) is -0.350. The van der Waals surface area contributed by atoms with Gasteiger partial charge >= 0.3 is 4.87 Å². The number of benzene rings is 3. The molecule has 252 valence electrons. The van der Waals surface area contributed by atoms with Gasteiger partial charge in [0.1, 0.15) is 5.75 Å². The number of aromatic amines is 1. The Hall–Kier alpha value is -3.47. The second-order valence-corrected chi connectivity index (χ2v) is 17.7. The van der Waals surface area contributed by atoms with Crippen molar-refractivity contribution in [3.05, 3.63) is 96.3 Å². The van der Waals surface area contributed by atoms with Crippen LogP contribution in [0.1, 0.15) is 22.8 Å². The third-order valence-corrected chi connectivity index (χ3v) is 14.2. The van der Waals surface area contributed by atoms with E-state index in [0.29, 0.717) is 22.1 Å². The number of nitrogens with zero attached hydrogens (tertiary/aromatic N) is 1. The fourth-order valence-electron chi connectivity index (χ4n) is 8.17. The Labute approximate surface area is 301 Å². The van der Waals surface area contributed by atoms with Crippen molar-refractivity contribution in [3.8, 4) is 5.75 Å². The van der Waals surface area contributed by atoms with Crippen LogP contribution in [-0.4, -0.2) is 43.0 Å².